The quantitative estimate of drug-likeness (QED) is 0.498. The lowest BCUT2D eigenvalue weighted by Crippen LogP contribution is -2.63. The zero-order valence-electron chi connectivity index (χ0n) is 17.2. The predicted molar refractivity (Wildman–Crippen MR) is 102 cm³/mol. The van der Waals surface area contributed by atoms with Gasteiger partial charge in [-0.1, -0.05) is 18.2 Å². The molecule has 1 fully saturated rings. The van der Waals surface area contributed by atoms with Crippen molar-refractivity contribution in [2.75, 3.05) is 18.1 Å². The summed E-state index contributed by atoms with van der Waals surface area (Å²) >= 11 is 0. The number of carbonyl (C=O) groups excluding carboxylic acids is 4. The van der Waals surface area contributed by atoms with Gasteiger partial charge in [0.2, 0.25) is 0 Å². The van der Waals surface area contributed by atoms with E-state index in [1.54, 1.807) is 37.3 Å². The van der Waals surface area contributed by atoms with Crippen molar-refractivity contribution in [1.82, 2.24) is 0 Å². The Hall–Kier alpha value is -3.14. The van der Waals surface area contributed by atoms with Crippen LogP contribution in [0, 0.1) is 0 Å². The third-order valence-electron chi connectivity index (χ3n) is 4.08. The highest BCUT2D eigenvalue weighted by molar-refractivity contribution is 5.88. The van der Waals surface area contributed by atoms with Crippen LogP contribution in [-0.4, -0.2) is 61.8 Å². The van der Waals surface area contributed by atoms with Gasteiger partial charge in [-0.15, -0.1) is 0 Å². The summed E-state index contributed by atoms with van der Waals surface area (Å²) in [6.07, 6.45) is -5.47. The maximum Gasteiger partial charge on any atom is 0.416 e. The van der Waals surface area contributed by atoms with Crippen LogP contribution >= 0.6 is 0 Å². The molecule has 0 radical (unpaired) electrons. The maximum atomic E-state index is 12.8. The Morgan fingerprint density at radius 2 is 1.50 bits per heavy atom. The van der Waals surface area contributed by atoms with Gasteiger partial charge in [-0.25, -0.2) is 9.69 Å². The van der Waals surface area contributed by atoms with E-state index in [0.717, 1.165) is 11.8 Å². The molecule has 0 saturated carbocycles. The molecule has 30 heavy (non-hydrogen) atoms. The van der Waals surface area contributed by atoms with Gasteiger partial charge in [-0.2, -0.15) is 0 Å². The number of hydrogen-bond donors (Lipinski definition) is 0. The largest absolute Gasteiger partial charge is 0.456 e. The first-order valence-electron chi connectivity index (χ1n) is 9.38. The van der Waals surface area contributed by atoms with Gasteiger partial charge >= 0.3 is 24.0 Å². The molecule has 4 unspecified atom stereocenters. The third-order valence-corrected chi connectivity index (χ3v) is 4.08. The van der Waals surface area contributed by atoms with Crippen molar-refractivity contribution in [2.24, 2.45) is 0 Å². The van der Waals surface area contributed by atoms with Crippen LogP contribution < -0.4 is 4.90 Å². The molecule has 0 aromatic heterocycles. The van der Waals surface area contributed by atoms with E-state index in [9.17, 15) is 19.2 Å². The second-order valence-electron chi connectivity index (χ2n) is 6.42. The van der Waals surface area contributed by atoms with Crippen LogP contribution in [0.2, 0.25) is 0 Å². The van der Waals surface area contributed by atoms with E-state index in [-0.39, 0.29) is 13.2 Å². The topological polar surface area (TPSA) is 118 Å². The highest BCUT2D eigenvalue weighted by atomic mass is 16.7. The van der Waals surface area contributed by atoms with E-state index >= 15 is 0 Å². The minimum absolute atomic E-state index is 0.0938. The lowest BCUT2D eigenvalue weighted by Gasteiger charge is -2.44. The summed E-state index contributed by atoms with van der Waals surface area (Å²) in [6.45, 7) is 5.05. The summed E-state index contributed by atoms with van der Waals surface area (Å²) in [6, 6.07) is 8.46. The van der Waals surface area contributed by atoms with Crippen LogP contribution in [-0.2, 0) is 38.1 Å². The lowest BCUT2D eigenvalue weighted by atomic mass is 10.0. The van der Waals surface area contributed by atoms with E-state index in [1.807, 2.05) is 0 Å². The number of esters is 3. The summed E-state index contributed by atoms with van der Waals surface area (Å²) in [4.78, 5) is 48.9. The maximum absolute atomic E-state index is 12.8. The Morgan fingerprint density at radius 1 is 0.933 bits per heavy atom. The average molecular weight is 423 g/mol. The molecule has 1 aromatic carbocycles. The molecule has 0 aliphatic carbocycles. The summed E-state index contributed by atoms with van der Waals surface area (Å²) in [5.74, 6) is -2.02. The van der Waals surface area contributed by atoms with E-state index < -0.39 is 48.5 Å². The number of para-hydroxylation sites is 1. The molecule has 0 spiro atoms. The Balaban J connectivity index is 2.49. The second-order valence-corrected chi connectivity index (χ2v) is 6.42. The SMILES string of the molecule is CCOC(=O)N(c1ccccc1)C1OCC(OC(C)=O)C(OC(C)=O)C1OC(C)=O. The summed E-state index contributed by atoms with van der Waals surface area (Å²) in [5, 5.41) is 0. The van der Waals surface area contributed by atoms with Crippen molar-refractivity contribution in [1.29, 1.82) is 0 Å². The third kappa shape index (κ3) is 5.93. The van der Waals surface area contributed by atoms with Crippen molar-refractivity contribution in [3.63, 3.8) is 0 Å². The van der Waals surface area contributed by atoms with Gasteiger partial charge in [-0.3, -0.25) is 14.4 Å². The van der Waals surface area contributed by atoms with E-state index in [1.165, 1.54) is 13.8 Å². The summed E-state index contributed by atoms with van der Waals surface area (Å²) in [5.41, 5.74) is 0.408. The van der Waals surface area contributed by atoms with Crippen LogP contribution in [0.3, 0.4) is 0 Å². The minimum Gasteiger partial charge on any atom is -0.456 e. The second kappa shape index (κ2) is 10.6. The molecule has 1 aliphatic rings. The molecule has 1 aromatic rings. The zero-order chi connectivity index (χ0) is 22.3. The minimum atomic E-state index is -1.28. The molecule has 0 N–H and O–H groups in total. The van der Waals surface area contributed by atoms with Crippen LogP contribution in [0.4, 0.5) is 10.5 Å². The molecule has 10 heteroatoms. The van der Waals surface area contributed by atoms with E-state index in [4.69, 9.17) is 23.7 Å². The number of ether oxygens (including phenoxy) is 5. The average Bonchev–Trinajstić information content (AvgIpc) is 2.66. The molecule has 2 rings (SSSR count). The van der Waals surface area contributed by atoms with Gasteiger partial charge in [0.25, 0.3) is 0 Å². The molecule has 1 saturated heterocycles. The number of benzene rings is 1. The first-order valence-corrected chi connectivity index (χ1v) is 9.38. The number of nitrogens with zero attached hydrogens (tertiary/aromatic N) is 1. The van der Waals surface area contributed by atoms with Gasteiger partial charge in [0.15, 0.2) is 24.5 Å². The number of carbonyl (C=O) groups is 4. The fourth-order valence-corrected chi connectivity index (χ4v) is 3.08. The zero-order valence-corrected chi connectivity index (χ0v) is 17.2. The highest BCUT2D eigenvalue weighted by Gasteiger charge is 2.50. The van der Waals surface area contributed by atoms with Gasteiger partial charge < -0.3 is 23.7 Å². The van der Waals surface area contributed by atoms with Crippen molar-refractivity contribution in [3.8, 4) is 0 Å². The molecule has 164 valence electrons. The molecule has 4 atom stereocenters. The molecule has 1 aliphatic heterocycles. The monoisotopic (exact) mass is 423 g/mol. The lowest BCUT2D eigenvalue weighted by molar-refractivity contribution is -0.224. The summed E-state index contributed by atoms with van der Waals surface area (Å²) < 4.78 is 26.8. The van der Waals surface area contributed by atoms with Crippen molar-refractivity contribution < 1.29 is 42.9 Å². The highest BCUT2D eigenvalue weighted by Crippen LogP contribution is 2.30. The Kier molecular flexibility index (Phi) is 8.16. The van der Waals surface area contributed by atoms with Crippen LogP contribution in [0.15, 0.2) is 30.3 Å². The smallest absolute Gasteiger partial charge is 0.416 e. The molecule has 0 bridgehead atoms. The predicted octanol–water partition coefficient (Wildman–Crippen LogP) is 1.80. The Bertz CT molecular complexity index is 767. The van der Waals surface area contributed by atoms with Crippen LogP contribution in [0.25, 0.3) is 0 Å². The van der Waals surface area contributed by atoms with Crippen LogP contribution in [0.5, 0.6) is 0 Å². The fourth-order valence-electron chi connectivity index (χ4n) is 3.08. The summed E-state index contributed by atoms with van der Waals surface area (Å²) in [7, 11) is 0. The Morgan fingerprint density at radius 3 is 2.03 bits per heavy atom. The van der Waals surface area contributed by atoms with Gasteiger partial charge in [0.1, 0.15) is 0 Å². The van der Waals surface area contributed by atoms with E-state index in [0.29, 0.717) is 5.69 Å². The fraction of sp³-hybridized carbons (Fsp3) is 0.500. The molecular formula is C20H25NO9. The first kappa shape index (κ1) is 23.1. The molecule has 1 amide bonds. The van der Waals surface area contributed by atoms with Crippen molar-refractivity contribution >= 4 is 29.7 Å². The molecule has 10 nitrogen and oxygen atoms in total. The van der Waals surface area contributed by atoms with Gasteiger partial charge in [-0.05, 0) is 19.1 Å². The molecule has 1 heterocycles. The normalized spacial score (nSPS) is 23.1. The Labute approximate surface area is 174 Å². The van der Waals surface area contributed by atoms with Gasteiger partial charge in [0, 0.05) is 26.5 Å². The standard InChI is InChI=1S/C20H25NO9/c1-5-26-20(25)21(15-9-7-6-8-10-15)19-18(30-14(4)24)17(29-13(3)23)16(11-27-19)28-12(2)22/h6-10,16-19H,5,11H2,1-4H3. The number of hydrogen-bond acceptors (Lipinski definition) is 9. The first-order chi connectivity index (χ1) is 14.2. The molecular weight excluding hydrogens is 398 g/mol. The van der Waals surface area contributed by atoms with Crippen molar-refractivity contribution in [2.45, 2.75) is 52.2 Å². The van der Waals surface area contributed by atoms with E-state index in [2.05, 4.69) is 0 Å². The van der Waals surface area contributed by atoms with Crippen LogP contribution in [0.1, 0.15) is 27.7 Å². The number of anilines is 1. The number of amides is 1. The van der Waals surface area contributed by atoms with Crippen molar-refractivity contribution in [3.05, 3.63) is 30.3 Å². The van der Waals surface area contributed by atoms with Gasteiger partial charge in [0.05, 0.1) is 13.2 Å². The number of rotatable bonds is 6.